The lowest BCUT2D eigenvalue weighted by molar-refractivity contribution is -0.123. The molecule has 0 aliphatic rings. The Balaban J connectivity index is 2.05. The van der Waals surface area contributed by atoms with Gasteiger partial charge in [0.25, 0.3) is 11.8 Å². The van der Waals surface area contributed by atoms with Gasteiger partial charge >= 0.3 is 0 Å². The topological polar surface area (TPSA) is 89.0 Å². The normalized spacial score (nSPS) is 12.0. The number of hydrogen-bond donors (Lipinski definition) is 2. The molecule has 2 aromatic carbocycles. The van der Waals surface area contributed by atoms with Crippen LogP contribution in [0, 0.1) is 12.8 Å². The molecule has 2 N–H and O–H groups in total. The Morgan fingerprint density at radius 1 is 1.18 bits per heavy atom. The zero-order valence-electron chi connectivity index (χ0n) is 19.8. The molecule has 0 aromatic heterocycles. The van der Waals surface area contributed by atoms with Crippen LogP contribution in [0.4, 0.5) is 0 Å². The van der Waals surface area contributed by atoms with Gasteiger partial charge in [-0.3, -0.25) is 9.59 Å². The summed E-state index contributed by atoms with van der Waals surface area (Å²) in [6.45, 7) is 8.37. The number of methoxy groups -OCH3 is 1. The van der Waals surface area contributed by atoms with Gasteiger partial charge < -0.3 is 14.8 Å². The highest BCUT2D eigenvalue weighted by molar-refractivity contribution is 9.10. The third-order valence-corrected chi connectivity index (χ3v) is 5.52. The van der Waals surface area contributed by atoms with Crippen LogP contribution in [0.5, 0.6) is 11.5 Å². The first-order chi connectivity index (χ1) is 15.8. The first-order valence-electron chi connectivity index (χ1n) is 11.0. The van der Waals surface area contributed by atoms with Crippen molar-refractivity contribution < 1.29 is 19.1 Å². The van der Waals surface area contributed by atoms with E-state index in [1.807, 2.05) is 39.0 Å². The van der Waals surface area contributed by atoms with Crippen LogP contribution in [0.3, 0.4) is 0 Å². The Bertz CT molecular complexity index is 974. The number of benzene rings is 2. The molecule has 7 nitrogen and oxygen atoms in total. The molecule has 0 bridgehead atoms. The summed E-state index contributed by atoms with van der Waals surface area (Å²) in [6.07, 6.45) is 3.50. The van der Waals surface area contributed by atoms with Gasteiger partial charge in [0.1, 0.15) is 6.04 Å². The van der Waals surface area contributed by atoms with Crippen molar-refractivity contribution >= 4 is 34.0 Å². The standard InChI is InChI=1S/C25H32BrN3O4/c1-6-7-12-33-23-20(26)13-18(14-21(23)32-5)15-27-29-25(31)22(16(2)3)28-24(30)19-10-8-17(4)9-11-19/h8-11,13-16,22H,6-7,12H2,1-5H3,(H,28,30)(H,29,31). The van der Waals surface area contributed by atoms with E-state index in [0.717, 1.165) is 22.9 Å². The van der Waals surface area contributed by atoms with Crippen molar-refractivity contribution in [3.05, 3.63) is 57.6 Å². The van der Waals surface area contributed by atoms with E-state index < -0.39 is 11.9 Å². The van der Waals surface area contributed by atoms with E-state index in [0.29, 0.717) is 29.2 Å². The van der Waals surface area contributed by atoms with E-state index in [1.165, 1.54) is 6.21 Å². The summed E-state index contributed by atoms with van der Waals surface area (Å²) in [5.74, 6) is 0.375. The summed E-state index contributed by atoms with van der Waals surface area (Å²) >= 11 is 3.51. The first kappa shape index (κ1) is 26.4. The molecule has 0 saturated carbocycles. The molecule has 33 heavy (non-hydrogen) atoms. The average Bonchev–Trinajstić information content (AvgIpc) is 2.78. The van der Waals surface area contributed by atoms with E-state index >= 15 is 0 Å². The molecule has 2 aromatic rings. The van der Waals surface area contributed by atoms with Gasteiger partial charge in [-0.15, -0.1) is 0 Å². The number of aryl methyl sites for hydroxylation is 1. The van der Waals surface area contributed by atoms with Gasteiger partial charge in [-0.05, 0) is 65.0 Å². The molecule has 8 heteroatoms. The number of carbonyl (C=O) groups is 2. The predicted octanol–water partition coefficient (Wildman–Crippen LogP) is 4.85. The van der Waals surface area contributed by atoms with Crippen molar-refractivity contribution in [2.75, 3.05) is 13.7 Å². The van der Waals surface area contributed by atoms with Crippen molar-refractivity contribution in [3.8, 4) is 11.5 Å². The molecule has 0 aliphatic carbocycles. The van der Waals surface area contributed by atoms with Gasteiger partial charge in [-0.1, -0.05) is 44.9 Å². The maximum atomic E-state index is 12.7. The summed E-state index contributed by atoms with van der Waals surface area (Å²) in [7, 11) is 1.57. The SMILES string of the molecule is CCCCOc1c(Br)cc(C=NNC(=O)C(NC(=O)c2ccc(C)cc2)C(C)C)cc1OC. The maximum absolute atomic E-state index is 12.7. The minimum atomic E-state index is -0.730. The van der Waals surface area contributed by atoms with E-state index in [9.17, 15) is 9.59 Å². The summed E-state index contributed by atoms with van der Waals surface area (Å²) in [6, 6.07) is 10.1. The van der Waals surface area contributed by atoms with Crippen molar-refractivity contribution in [1.82, 2.24) is 10.7 Å². The maximum Gasteiger partial charge on any atom is 0.262 e. The Morgan fingerprint density at radius 2 is 1.88 bits per heavy atom. The number of nitrogens with one attached hydrogen (secondary N) is 2. The number of ether oxygens (including phenoxy) is 2. The summed E-state index contributed by atoms with van der Waals surface area (Å²) in [5.41, 5.74) is 4.79. The second-order valence-electron chi connectivity index (χ2n) is 8.03. The number of hydrogen-bond acceptors (Lipinski definition) is 5. The molecule has 2 rings (SSSR count). The van der Waals surface area contributed by atoms with Gasteiger partial charge in [-0.25, -0.2) is 5.43 Å². The monoisotopic (exact) mass is 517 g/mol. The van der Waals surface area contributed by atoms with Crippen LogP contribution < -0.4 is 20.2 Å². The number of nitrogens with zero attached hydrogens (tertiary/aromatic N) is 1. The Hall–Kier alpha value is -2.87. The molecule has 1 atom stereocenters. The number of rotatable bonds is 11. The van der Waals surface area contributed by atoms with Crippen molar-refractivity contribution in [3.63, 3.8) is 0 Å². The molecular weight excluding hydrogens is 486 g/mol. The van der Waals surface area contributed by atoms with Crippen LogP contribution >= 0.6 is 15.9 Å². The van der Waals surface area contributed by atoms with E-state index in [1.54, 1.807) is 25.3 Å². The average molecular weight is 518 g/mol. The fourth-order valence-electron chi connectivity index (χ4n) is 2.98. The zero-order valence-corrected chi connectivity index (χ0v) is 21.4. The van der Waals surface area contributed by atoms with Crippen LogP contribution in [0.2, 0.25) is 0 Å². The van der Waals surface area contributed by atoms with E-state index in [2.05, 4.69) is 38.7 Å². The van der Waals surface area contributed by atoms with Crippen LogP contribution in [-0.2, 0) is 4.79 Å². The van der Waals surface area contributed by atoms with E-state index in [4.69, 9.17) is 9.47 Å². The minimum absolute atomic E-state index is 0.122. The van der Waals surface area contributed by atoms with Gasteiger partial charge in [0.2, 0.25) is 0 Å². The lowest BCUT2D eigenvalue weighted by Gasteiger charge is -2.20. The van der Waals surface area contributed by atoms with E-state index in [-0.39, 0.29) is 11.8 Å². The smallest absolute Gasteiger partial charge is 0.262 e. The third-order valence-electron chi connectivity index (χ3n) is 4.93. The van der Waals surface area contributed by atoms with Crippen LogP contribution in [0.1, 0.15) is 55.1 Å². The summed E-state index contributed by atoms with van der Waals surface area (Å²) in [5, 5.41) is 6.86. The molecule has 0 spiro atoms. The second kappa shape index (κ2) is 13.0. The highest BCUT2D eigenvalue weighted by Gasteiger charge is 2.24. The molecule has 1 unspecified atom stereocenters. The van der Waals surface area contributed by atoms with Gasteiger partial charge in [-0.2, -0.15) is 5.10 Å². The third kappa shape index (κ3) is 7.89. The zero-order chi connectivity index (χ0) is 24.4. The molecule has 0 aliphatic heterocycles. The molecule has 178 valence electrons. The van der Waals surface area contributed by atoms with Crippen LogP contribution in [-0.4, -0.2) is 37.8 Å². The highest BCUT2D eigenvalue weighted by atomic mass is 79.9. The summed E-state index contributed by atoms with van der Waals surface area (Å²) < 4.78 is 12.0. The minimum Gasteiger partial charge on any atom is -0.493 e. The van der Waals surface area contributed by atoms with Crippen LogP contribution in [0.25, 0.3) is 0 Å². The first-order valence-corrected chi connectivity index (χ1v) is 11.8. The number of unbranched alkanes of at least 4 members (excludes halogenated alkanes) is 1. The van der Waals surface area contributed by atoms with Crippen molar-refractivity contribution in [1.29, 1.82) is 0 Å². The Labute approximate surface area is 204 Å². The molecular formula is C25H32BrN3O4. The number of hydrazone groups is 1. The number of halogens is 1. The lowest BCUT2D eigenvalue weighted by Crippen LogP contribution is -2.48. The number of amides is 2. The molecule has 0 fully saturated rings. The van der Waals surface area contributed by atoms with Gasteiger partial charge in [0.15, 0.2) is 11.5 Å². The Morgan fingerprint density at radius 3 is 2.48 bits per heavy atom. The van der Waals surface area contributed by atoms with Crippen molar-refractivity contribution in [2.24, 2.45) is 11.0 Å². The fourth-order valence-corrected chi connectivity index (χ4v) is 3.55. The van der Waals surface area contributed by atoms with Gasteiger partial charge in [0.05, 0.1) is 24.4 Å². The lowest BCUT2D eigenvalue weighted by atomic mass is 10.0. The number of carbonyl (C=O) groups excluding carboxylic acids is 2. The molecule has 0 saturated heterocycles. The largest absolute Gasteiger partial charge is 0.493 e. The molecule has 2 amide bonds. The Kier molecular flexibility index (Phi) is 10.4. The highest BCUT2D eigenvalue weighted by Crippen LogP contribution is 2.36. The summed E-state index contributed by atoms with van der Waals surface area (Å²) in [4.78, 5) is 25.2. The van der Waals surface area contributed by atoms with Crippen LogP contribution in [0.15, 0.2) is 46.0 Å². The fraction of sp³-hybridized carbons (Fsp3) is 0.400. The quantitative estimate of drug-likeness (QED) is 0.253. The van der Waals surface area contributed by atoms with Gasteiger partial charge in [0, 0.05) is 5.56 Å². The molecule has 0 heterocycles. The predicted molar refractivity (Wildman–Crippen MR) is 134 cm³/mol. The molecule has 0 radical (unpaired) electrons. The second-order valence-corrected chi connectivity index (χ2v) is 8.89. The van der Waals surface area contributed by atoms with Crippen molar-refractivity contribution in [2.45, 2.75) is 46.6 Å².